The van der Waals surface area contributed by atoms with Crippen molar-refractivity contribution in [3.63, 3.8) is 0 Å². The molecule has 3 aromatic rings. The van der Waals surface area contributed by atoms with E-state index in [1.807, 2.05) is 24.3 Å². The van der Waals surface area contributed by atoms with Gasteiger partial charge in [-0.25, -0.2) is 0 Å². The largest absolute Gasteiger partial charge is 0.447 e. The van der Waals surface area contributed by atoms with Crippen molar-refractivity contribution in [3.8, 4) is 0 Å². The number of carbonyl (C=O) groups excluding carboxylic acids is 1. The average molecular weight is 391 g/mol. The van der Waals surface area contributed by atoms with Gasteiger partial charge in [0, 0.05) is 35.4 Å². The Bertz CT molecular complexity index is 1110. The SMILES string of the molecule is O=C(NC1CCNC1)c1oc2cnccc2c1Nc1ccc2c(c1)CC/C2=N\O. The predicted molar refractivity (Wildman–Crippen MR) is 109 cm³/mol. The maximum absolute atomic E-state index is 12.9. The molecule has 1 amide bonds. The summed E-state index contributed by atoms with van der Waals surface area (Å²) in [4.78, 5) is 17.0. The number of hydrogen-bond acceptors (Lipinski definition) is 7. The fourth-order valence-corrected chi connectivity index (χ4v) is 4.06. The van der Waals surface area contributed by atoms with Crippen molar-refractivity contribution >= 4 is 34.0 Å². The van der Waals surface area contributed by atoms with Crippen molar-refractivity contribution in [2.24, 2.45) is 5.16 Å². The standard InChI is InChI=1S/C21H21N5O3/c27-21(25-14-5-7-22-10-14)20-19(16-6-8-23-11-18(16)29-20)24-13-2-3-15-12(9-13)1-4-17(15)26-28/h2-3,6,8-9,11,14,22,24,28H,1,4-5,7,10H2,(H,25,27)/b26-17+. The Morgan fingerprint density at radius 2 is 2.24 bits per heavy atom. The van der Waals surface area contributed by atoms with Gasteiger partial charge in [0.15, 0.2) is 5.58 Å². The predicted octanol–water partition coefficient (Wildman–Crippen LogP) is 2.79. The van der Waals surface area contributed by atoms with E-state index >= 15 is 0 Å². The molecule has 4 N–H and O–H groups in total. The van der Waals surface area contributed by atoms with Crippen molar-refractivity contribution in [1.82, 2.24) is 15.6 Å². The van der Waals surface area contributed by atoms with Crippen molar-refractivity contribution in [3.05, 3.63) is 53.5 Å². The third kappa shape index (κ3) is 3.21. The normalized spacial score (nSPS) is 19.6. The summed E-state index contributed by atoms with van der Waals surface area (Å²) in [6.07, 6.45) is 5.73. The lowest BCUT2D eigenvalue weighted by Crippen LogP contribution is -2.36. The molecule has 2 aromatic heterocycles. The van der Waals surface area contributed by atoms with Gasteiger partial charge in [0.1, 0.15) is 0 Å². The highest BCUT2D eigenvalue weighted by atomic mass is 16.4. The van der Waals surface area contributed by atoms with Crippen LogP contribution in [0, 0.1) is 0 Å². The molecule has 8 heteroatoms. The van der Waals surface area contributed by atoms with Gasteiger partial charge in [-0.2, -0.15) is 0 Å². The zero-order chi connectivity index (χ0) is 19.8. The minimum Gasteiger partial charge on any atom is -0.447 e. The smallest absolute Gasteiger partial charge is 0.289 e. The molecule has 3 heterocycles. The third-order valence-corrected chi connectivity index (χ3v) is 5.53. The van der Waals surface area contributed by atoms with Crippen LogP contribution in [0.25, 0.3) is 11.0 Å². The van der Waals surface area contributed by atoms with Gasteiger partial charge in [0.25, 0.3) is 5.91 Å². The minimum absolute atomic E-state index is 0.0953. The summed E-state index contributed by atoms with van der Waals surface area (Å²) in [5.74, 6) is 0.00580. The van der Waals surface area contributed by atoms with Crippen molar-refractivity contribution in [2.75, 3.05) is 18.4 Å². The summed E-state index contributed by atoms with van der Waals surface area (Å²) in [5, 5.41) is 22.9. The number of hydrogen-bond donors (Lipinski definition) is 4. The number of benzene rings is 1. The van der Waals surface area contributed by atoms with E-state index in [0.29, 0.717) is 17.0 Å². The fraction of sp³-hybridized carbons (Fsp3) is 0.286. The number of anilines is 2. The van der Waals surface area contributed by atoms with Crippen LogP contribution in [0.3, 0.4) is 0 Å². The van der Waals surface area contributed by atoms with Crippen molar-refractivity contribution in [1.29, 1.82) is 0 Å². The highest BCUT2D eigenvalue weighted by molar-refractivity contribution is 6.08. The average Bonchev–Trinajstić information content (AvgIpc) is 3.47. The summed E-state index contributed by atoms with van der Waals surface area (Å²) >= 11 is 0. The molecule has 0 bridgehead atoms. The van der Waals surface area contributed by atoms with Gasteiger partial charge in [-0.15, -0.1) is 0 Å². The molecule has 1 atom stereocenters. The summed E-state index contributed by atoms with van der Waals surface area (Å²) in [7, 11) is 0. The number of carbonyl (C=O) groups is 1. The maximum atomic E-state index is 12.9. The zero-order valence-electron chi connectivity index (χ0n) is 15.7. The number of aryl methyl sites for hydroxylation is 1. The Kier molecular flexibility index (Phi) is 4.40. The molecule has 5 rings (SSSR count). The van der Waals surface area contributed by atoms with E-state index in [1.165, 1.54) is 0 Å². The molecule has 1 aliphatic carbocycles. The number of amides is 1. The first kappa shape index (κ1) is 17.7. The summed E-state index contributed by atoms with van der Waals surface area (Å²) < 4.78 is 5.86. The van der Waals surface area contributed by atoms with Crippen LogP contribution in [0.1, 0.15) is 34.5 Å². The minimum atomic E-state index is -0.242. The van der Waals surface area contributed by atoms with Gasteiger partial charge in [-0.3, -0.25) is 9.78 Å². The molecule has 2 aliphatic rings. The van der Waals surface area contributed by atoms with Crippen LogP contribution in [0.5, 0.6) is 0 Å². The van der Waals surface area contributed by atoms with E-state index < -0.39 is 0 Å². The molecule has 8 nitrogen and oxygen atoms in total. The quantitative estimate of drug-likeness (QED) is 0.402. The Morgan fingerprint density at radius 3 is 3.07 bits per heavy atom. The van der Waals surface area contributed by atoms with Crippen molar-refractivity contribution in [2.45, 2.75) is 25.3 Å². The lowest BCUT2D eigenvalue weighted by atomic mass is 10.1. The molecular weight excluding hydrogens is 370 g/mol. The Morgan fingerprint density at radius 1 is 1.31 bits per heavy atom. The molecule has 29 heavy (non-hydrogen) atoms. The molecule has 0 saturated carbocycles. The Balaban J connectivity index is 1.50. The van der Waals surface area contributed by atoms with Gasteiger partial charge >= 0.3 is 0 Å². The molecule has 1 fully saturated rings. The zero-order valence-corrected chi connectivity index (χ0v) is 15.7. The topological polar surface area (TPSA) is 112 Å². The second kappa shape index (κ2) is 7.21. The lowest BCUT2D eigenvalue weighted by molar-refractivity contribution is 0.0915. The van der Waals surface area contributed by atoms with Crippen molar-refractivity contribution < 1.29 is 14.4 Å². The van der Waals surface area contributed by atoms with Crippen LogP contribution < -0.4 is 16.0 Å². The fourth-order valence-electron chi connectivity index (χ4n) is 4.06. The maximum Gasteiger partial charge on any atom is 0.289 e. The number of pyridine rings is 1. The first-order valence-corrected chi connectivity index (χ1v) is 9.72. The van der Waals surface area contributed by atoms with Crippen LogP contribution in [0.2, 0.25) is 0 Å². The van der Waals surface area contributed by atoms with Gasteiger partial charge in [0.2, 0.25) is 5.76 Å². The monoisotopic (exact) mass is 391 g/mol. The van der Waals surface area contributed by atoms with Gasteiger partial charge in [-0.05, 0) is 49.6 Å². The van der Waals surface area contributed by atoms with Crippen LogP contribution >= 0.6 is 0 Å². The number of nitrogens with one attached hydrogen (secondary N) is 3. The molecule has 0 spiro atoms. The molecule has 1 aliphatic heterocycles. The highest BCUT2D eigenvalue weighted by Gasteiger charge is 2.25. The number of rotatable bonds is 4. The van der Waals surface area contributed by atoms with Crippen LogP contribution in [-0.4, -0.2) is 40.9 Å². The summed E-state index contributed by atoms with van der Waals surface area (Å²) in [6.45, 7) is 1.66. The van der Waals surface area contributed by atoms with Gasteiger partial charge in [0.05, 0.1) is 17.6 Å². The van der Waals surface area contributed by atoms with E-state index in [4.69, 9.17) is 9.62 Å². The second-order valence-corrected chi connectivity index (χ2v) is 7.38. The van der Waals surface area contributed by atoms with E-state index in [2.05, 4.69) is 26.1 Å². The van der Waals surface area contributed by atoms with E-state index in [9.17, 15) is 4.79 Å². The lowest BCUT2D eigenvalue weighted by Gasteiger charge is -2.12. The van der Waals surface area contributed by atoms with Crippen LogP contribution in [-0.2, 0) is 6.42 Å². The summed E-state index contributed by atoms with van der Waals surface area (Å²) in [5.41, 5.74) is 4.81. The van der Waals surface area contributed by atoms with E-state index in [1.54, 1.807) is 12.4 Å². The highest BCUT2D eigenvalue weighted by Crippen LogP contribution is 2.34. The second-order valence-electron chi connectivity index (χ2n) is 7.38. The number of aromatic nitrogens is 1. The molecule has 148 valence electrons. The number of oxime groups is 1. The molecule has 0 radical (unpaired) electrons. The van der Waals surface area contributed by atoms with Crippen LogP contribution in [0.15, 0.2) is 46.2 Å². The number of furan rings is 1. The van der Waals surface area contributed by atoms with E-state index in [-0.39, 0.29) is 17.7 Å². The Hall–Kier alpha value is -3.39. The Labute approximate surface area is 167 Å². The summed E-state index contributed by atoms with van der Waals surface area (Å²) in [6, 6.07) is 7.80. The number of fused-ring (bicyclic) bond motifs is 2. The van der Waals surface area contributed by atoms with Gasteiger partial charge in [-0.1, -0.05) is 11.2 Å². The van der Waals surface area contributed by atoms with Gasteiger partial charge < -0.3 is 25.6 Å². The first-order chi connectivity index (χ1) is 14.2. The molecule has 1 saturated heterocycles. The molecular formula is C21H21N5O3. The number of nitrogens with zero attached hydrogens (tertiary/aromatic N) is 2. The van der Waals surface area contributed by atoms with Crippen LogP contribution in [0.4, 0.5) is 11.4 Å². The molecule has 1 aromatic carbocycles. The first-order valence-electron chi connectivity index (χ1n) is 9.72. The molecule has 1 unspecified atom stereocenters. The third-order valence-electron chi connectivity index (χ3n) is 5.53. The van der Waals surface area contributed by atoms with E-state index in [0.717, 1.165) is 54.6 Å².